The maximum absolute atomic E-state index is 12.3. The second-order valence-corrected chi connectivity index (χ2v) is 8.48. The van der Waals surface area contributed by atoms with Crippen molar-refractivity contribution in [2.24, 2.45) is 0 Å². The lowest BCUT2D eigenvalue weighted by molar-refractivity contribution is -0.116. The Balaban J connectivity index is 1.56. The van der Waals surface area contributed by atoms with Gasteiger partial charge in [-0.05, 0) is 56.4 Å². The molecule has 2 aromatic heterocycles. The minimum Gasteiger partial charge on any atom is -0.346 e. The van der Waals surface area contributed by atoms with Crippen molar-refractivity contribution in [3.8, 4) is 0 Å². The molecule has 5 nitrogen and oxygen atoms in total. The summed E-state index contributed by atoms with van der Waals surface area (Å²) in [7, 11) is 0. The lowest BCUT2D eigenvalue weighted by Crippen LogP contribution is -2.26. The Labute approximate surface area is 176 Å². The first-order chi connectivity index (χ1) is 14.0. The normalized spacial score (nSPS) is 11.3. The first-order valence-electron chi connectivity index (χ1n) is 10.2. The predicted octanol–water partition coefficient (Wildman–Crippen LogP) is 4.95. The van der Waals surface area contributed by atoms with Gasteiger partial charge in [0.15, 0.2) is 5.78 Å². The summed E-state index contributed by atoms with van der Waals surface area (Å²) in [5, 5.41) is 4.02. The van der Waals surface area contributed by atoms with E-state index in [1.807, 2.05) is 37.3 Å². The molecule has 29 heavy (non-hydrogen) atoms. The van der Waals surface area contributed by atoms with E-state index < -0.39 is 0 Å². The monoisotopic (exact) mass is 411 g/mol. The summed E-state index contributed by atoms with van der Waals surface area (Å²) in [4.78, 5) is 28.7. The predicted molar refractivity (Wildman–Crippen MR) is 121 cm³/mol. The van der Waals surface area contributed by atoms with Crippen molar-refractivity contribution in [2.75, 3.05) is 25.0 Å². The van der Waals surface area contributed by atoms with Gasteiger partial charge in [0.1, 0.15) is 0 Å². The van der Waals surface area contributed by atoms with Crippen molar-refractivity contribution in [1.29, 1.82) is 0 Å². The average Bonchev–Trinajstić information content (AvgIpc) is 3.33. The molecule has 1 aromatic carbocycles. The van der Waals surface area contributed by atoms with Crippen LogP contribution in [0.2, 0.25) is 0 Å². The highest BCUT2D eigenvalue weighted by molar-refractivity contribution is 7.14. The Kier molecular flexibility index (Phi) is 7.23. The molecular formula is C23H29N3O2S. The van der Waals surface area contributed by atoms with Crippen LogP contribution in [0, 0.1) is 6.92 Å². The number of benzene rings is 1. The fraction of sp³-hybridized carbons (Fsp3) is 0.391. The third-order valence-electron chi connectivity index (χ3n) is 5.20. The molecule has 0 atom stereocenters. The summed E-state index contributed by atoms with van der Waals surface area (Å²) >= 11 is 1.48. The van der Waals surface area contributed by atoms with E-state index >= 15 is 0 Å². The molecule has 1 amide bonds. The van der Waals surface area contributed by atoms with E-state index in [1.54, 1.807) is 0 Å². The summed E-state index contributed by atoms with van der Waals surface area (Å²) in [6.45, 7) is 10.4. The minimum absolute atomic E-state index is 0.0268. The second kappa shape index (κ2) is 9.85. The van der Waals surface area contributed by atoms with E-state index in [0.717, 1.165) is 47.0 Å². The Morgan fingerprint density at radius 3 is 2.55 bits per heavy atom. The number of Topliss-reactive ketones (excluding diaryl/α,β-unsaturated/α-hetero) is 1. The molecule has 3 aromatic rings. The van der Waals surface area contributed by atoms with Crippen LogP contribution in [0.5, 0.6) is 0 Å². The fourth-order valence-electron chi connectivity index (χ4n) is 3.42. The summed E-state index contributed by atoms with van der Waals surface area (Å²) in [5.74, 6) is -0.106. The van der Waals surface area contributed by atoms with Gasteiger partial charge in [0.25, 0.3) is 0 Å². The van der Waals surface area contributed by atoms with Gasteiger partial charge >= 0.3 is 0 Å². The van der Waals surface area contributed by atoms with Crippen LogP contribution >= 0.6 is 11.3 Å². The lowest BCUT2D eigenvalue weighted by atomic mass is 10.1. The zero-order valence-corrected chi connectivity index (χ0v) is 18.2. The third kappa shape index (κ3) is 5.55. The Bertz CT molecular complexity index is 985. The number of carbonyl (C=O) groups excluding carboxylic acids is 2. The first kappa shape index (κ1) is 21.3. The van der Waals surface area contributed by atoms with Crippen LogP contribution in [0.25, 0.3) is 10.9 Å². The molecule has 0 spiro atoms. The number of carbonyl (C=O) groups is 2. The van der Waals surface area contributed by atoms with E-state index in [9.17, 15) is 9.59 Å². The van der Waals surface area contributed by atoms with E-state index in [1.165, 1.54) is 16.9 Å². The van der Waals surface area contributed by atoms with Crippen LogP contribution in [0.3, 0.4) is 0 Å². The highest BCUT2D eigenvalue weighted by Gasteiger charge is 2.12. The van der Waals surface area contributed by atoms with Gasteiger partial charge in [-0.25, -0.2) is 0 Å². The molecule has 0 fully saturated rings. The molecule has 0 aliphatic carbocycles. The van der Waals surface area contributed by atoms with Crippen molar-refractivity contribution in [2.45, 2.75) is 40.2 Å². The first-order valence-corrected chi connectivity index (χ1v) is 11.0. The number of ketones is 1. The molecule has 1 N–H and O–H groups in total. The molecule has 0 saturated carbocycles. The number of hydrogen-bond acceptors (Lipinski definition) is 4. The fourth-order valence-corrected chi connectivity index (χ4v) is 4.25. The van der Waals surface area contributed by atoms with Gasteiger partial charge in [-0.3, -0.25) is 9.59 Å². The molecule has 0 aliphatic heterocycles. The molecule has 154 valence electrons. The number of likely N-dealkylation sites (N-methyl/N-ethyl adjacent to an activating group) is 1. The summed E-state index contributed by atoms with van der Waals surface area (Å²) < 4.78 is 2.25. The van der Waals surface area contributed by atoms with E-state index in [4.69, 9.17) is 0 Å². The number of nitrogens with zero attached hydrogens (tertiary/aromatic N) is 2. The molecule has 0 radical (unpaired) electrons. The van der Waals surface area contributed by atoms with E-state index in [0.29, 0.717) is 0 Å². The van der Waals surface area contributed by atoms with Crippen LogP contribution in [-0.2, 0) is 11.3 Å². The van der Waals surface area contributed by atoms with Gasteiger partial charge < -0.3 is 14.8 Å². The molecule has 0 unspecified atom stereocenters. The molecule has 2 heterocycles. The quantitative estimate of drug-likeness (QED) is 0.480. The highest BCUT2D eigenvalue weighted by atomic mass is 32.1. The highest BCUT2D eigenvalue weighted by Crippen LogP contribution is 2.21. The van der Waals surface area contributed by atoms with Crippen LogP contribution in [0.1, 0.15) is 41.2 Å². The number of rotatable bonds is 10. The zero-order valence-electron chi connectivity index (χ0n) is 17.4. The van der Waals surface area contributed by atoms with E-state index in [-0.39, 0.29) is 24.5 Å². The number of thiophene rings is 1. The number of aromatic nitrogens is 1. The van der Waals surface area contributed by atoms with Gasteiger partial charge in [0.2, 0.25) is 5.91 Å². The Hall–Kier alpha value is -2.44. The Morgan fingerprint density at radius 2 is 1.86 bits per heavy atom. The molecule has 6 heteroatoms. The van der Waals surface area contributed by atoms with Gasteiger partial charge in [0, 0.05) is 53.6 Å². The number of hydrogen-bond donors (Lipinski definition) is 1. The molecule has 0 saturated heterocycles. The SMILES string of the molecule is CCN(CC)CCn1ccc2cc(NC(=O)CCC(=O)c3ccc(C)s3)ccc21. The number of amides is 1. The maximum Gasteiger partial charge on any atom is 0.224 e. The molecular weight excluding hydrogens is 382 g/mol. The zero-order chi connectivity index (χ0) is 20.8. The van der Waals surface area contributed by atoms with Gasteiger partial charge in [-0.1, -0.05) is 13.8 Å². The van der Waals surface area contributed by atoms with Gasteiger partial charge in [-0.2, -0.15) is 0 Å². The van der Waals surface area contributed by atoms with Crippen molar-refractivity contribution in [3.05, 3.63) is 52.3 Å². The lowest BCUT2D eigenvalue weighted by Gasteiger charge is -2.18. The van der Waals surface area contributed by atoms with Crippen LogP contribution in [0.4, 0.5) is 5.69 Å². The number of anilines is 1. The van der Waals surface area contributed by atoms with Crippen LogP contribution in [-0.4, -0.2) is 40.8 Å². The average molecular weight is 412 g/mol. The summed E-state index contributed by atoms with van der Waals surface area (Å²) in [6.07, 6.45) is 2.52. The van der Waals surface area contributed by atoms with Crippen LogP contribution in [0.15, 0.2) is 42.6 Å². The van der Waals surface area contributed by atoms with Gasteiger partial charge in [0.05, 0.1) is 4.88 Å². The number of aryl methyl sites for hydroxylation is 1. The van der Waals surface area contributed by atoms with E-state index in [2.05, 4.69) is 40.9 Å². The van der Waals surface area contributed by atoms with Crippen molar-refractivity contribution in [3.63, 3.8) is 0 Å². The number of nitrogens with one attached hydrogen (secondary N) is 1. The largest absolute Gasteiger partial charge is 0.346 e. The van der Waals surface area contributed by atoms with Crippen molar-refractivity contribution < 1.29 is 9.59 Å². The summed E-state index contributed by atoms with van der Waals surface area (Å²) in [5.41, 5.74) is 1.93. The van der Waals surface area contributed by atoms with Crippen molar-refractivity contribution in [1.82, 2.24) is 9.47 Å². The molecule has 0 aliphatic rings. The third-order valence-corrected chi connectivity index (χ3v) is 6.24. The molecule has 0 bridgehead atoms. The second-order valence-electron chi connectivity index (χ2n) is 7.19. The van der Waals surface area contributed by atoms with Crippen molar-refractivity contribution >= 4 is 39.6 Å². The minimum atomic E-state index is -0.132. The van der Waals surface area contributed by atoms with Gasteiger partial charge in [-0.15, -0.1) is 11.3 Å². The number of fused-ring (bicyclic) bond motifs is 1. The maximum atomic E-state index is 12.3. The standard InChI is InChI=1S/C23H29N3O2S/c1-4-25(5-2)14-15-26-13-12-18-16-19(7-8-20(18)26)24-23(28)11-9-21(27)22-10-6-17(3)29-22/h6-8,10,12-13,16H,4-5,9,11,14-15H2,1-3H3,(H,24,28). The summed E-state index contributed by atoms with van der Waals surface area (Å²) in [6, 6.07) is 11.8. The Morgan fingerprint density at radius 1 is 1.07 bits per heavy atom. The van der Waals surface area contributed by atoms with Crippen LogP contribution < -0.4 is 5.32 Å². The topological polar surface area (TPSA) is 54.3 Å². The smallest absolute Gasteiger partial charge is 0.224 e. The molecule has 3 rings (SSSR count).